The van der Waals surface area contributed by atoms with Crippen LogP contribution in [0.15, 0.2) is 23.3 Å². The monoisotopic (exact) mass is 252 g/mol. The van der Waals surface area contributed by atoms with Gasteiger partial charge in [-0.15, -0.1) is 0 Å². The van der Waals surface area contributed by atoms with Crippen LogP contribution in [0.2, 0.25) is 0 Å². The Hall–Kier alpha value is -2.27. The summed E-state index contributed by atoms with van der Waals surface area (Å²) in [5.41, 5.74) is 7.86. The third-order valence-corrected chi connectivity index (χ3v) is 1.75. The average Bonchev–Trinajstić information content (AvgIpc) is 2.19. The number of halogens is 1. The van der Waals surface area contributed by atoms with Gasteiger partial charge >= 0.3 is 6.09 Å². The SMILES string of the molecule is CC(C)(C)OC(=O)Nc1cc(F)ccc1N=[N+]=[N-]. The van der Waals surface area contributed by atoms with Gasteiger partial charge in [-0.1, -0.05) is 5.11 Å². The molecule has 0 radical (unpaired) electrons. The van der Waals surface area contributed by atoms with Crippen molar-refractivity contribution in [2.24, 2.45) is 5.11 Å². The van der Waals surface area contributed by atoms with Crippen molar-refractivity contribution in [3.63, 3.8) is 0 Å². The maximum Gasteiger partial charge on any atom is 0.412 e. The van der Waals surface area contributed by atoms with Gasteiger partial charge in [-0.3, -0.25) is 5.32 Å². The van der Waals surface area contributed by atoms with E-state index in [1.807, 2.05) is 0 Å². The highest BCUT2D eigenvalue weighted by molar-refractivity contribution is 5.88. The Kier molecular flexibility index (Phi) is 4.12. The number of ether oxygens (including phenoxy) is 1. The summed E-state index contributed by atoms with van der Waals surface area (Å²) in [6.07, 6.45) is -0.748. The van der Waals surface area contributed by atoms with Gasteiger partial charge in [0.2, 0.25) is 0 Å². The second-order valence-corrected chi connectivity index (χ2v) is 4.48. The van der Waals surface area contributed by atoms with Crippen LogP contribution < -0.4 is 5.32 Å². The van der Waals surface area contributed by atoms with E-state index in [2.05, 4.69) is 15.3 Å². The molecule has 0 spiro atoms. The molecule has 0 unspecified atom stereocenters. The highest BCUT2D eigenvalue weighted by atomic mass is 19.1. The average molecular weight is 252 g/mol. The molecule has 0 fully saturated rings. The Balaban J connectivity index is 2.92. The molecule has 0 aliphatic rings. The molecule has 1 aromatic rings. The van der Waals surface area contributed by atoms with Crippen LogP contribution >= 0.6 is 0 Å². The van der Waals surface area contributed by atoms with Crippen LogP contribution in [0.3, 0.4) is 0 Å². The van der Waals surface area contributed by atoms with Crippen LogP contribution in [0.1, 0.15) is 20.8 Å². The maximum absolute atomic E-state index is 13.0. The summed E-state index contributed by atoms with van der Waals surface area (Å²) in [6.45, 7) is 5.10. The number of anilines is 1. The lowest BCUT2D eigenvalue weighted by atomic mass is 10.2. The fourth-order valence-electron chi connectivity index (χ4n) is 1.16. The van der Waals surface area contributed by atoms with Gasteiger partial charge in [-0.2, -0.15) is 0 Å². The van der Waals surface area contributed by atoms with Gasteiger partial charge in [0.05, 0.1) is 11.4 Å². The molecule has 6 nitrogen and oxygen atoms in total. The zero-order valence-corrected chi connectivity index (χ0v) is 10.3. The number of rotatable bonds is 2. The Labute approximate surface area is 103 Å². The molecule has 0 saturated carbocycles. The molecule has 1 rings (SSSR count). The molecular formula is C11H13FN4O2. The lowest BCUT2D eigenvalue weighted by Crippen LogP contribution is -2.27. The number of nitrogens with one attached hydrogen (secondary N) is 1. The fourth-order valence-corrected chi connectivity index (χ4v) is 1.16. The van der Waals surface area contributed by atoms with E-state index in [9.17, 15) is 9.18 Å². The summed E-state index contributed by atoms with van der Waals surface area (Å²) in [5.74, 6) is -0.557. The van der Waals surface area contributed by atoms with Crippen molar-refractivity contribution in [3.8, 4) is 0 Å². The first kappa shape index (κ1) is 13.8. The third kappa shape index (κ3) is 4.31. The normalized spacial score (nSPS) is 10.4. The number of carbonyl (C=O) groups excluding carboxylic acids is 1. The minimum Gasteiger partial charge on any atom is -0.444 e. The molecule has 0 bridgehead atoms. The van der Waals surface area contributed by atoms with Crippen molar-refractivity contribution in [2.75, 3.05) is 5.32 Å². The van der Waals surface area contributed by atoms with Crippen molar-refractivity contribution in [2.45, 2.75) is 26.4 Å². The predicted octanol–water partition coefficient (Wildman–Crippen LogP) is 4.11. The number of azide groups is 1. The van der Waals surface area contributed by atoms with E-state index in [1.165, 1.54) is 6.07 Å². The first-order valence-corrected chi connectivity index (χ1v) is 5.16. The van der Waals surface area contributed by atoms with Crippen LogP contribution in [-0.2, 0) is 4.74 Å². The molecule has 0 aliphatic carbocycles. The molecule has 0 saturated heterocycles. The van der Waals surface area contributed by atoms with E-state index >= 15 is 0 Å². The second-order valence-electron chi connectivity index (χ2n) is 4.48. The summed E-state index contributed by atoms with van der Waals surface area (Å²) in [4.78, 5) is 14.1. The summed E-state index contributed by atoms with van der Waals surface area (Å²) < 4.78 is 18.1. The predicted molar refractivity (Wildman–Crippen MR) is 65.1 cm³/mol. The van der Waals surface area contributed by atoms with Gasteiger partial charge in [0, 0.05) is 4.91 Å². The van der Waals surface area contributed by atoms with Crippen molar-refractivity contribution in [1.29, 1.82) is 0 Å². The molecule has 1 N–H and O–H groups in total. The van der Waals surface area contributed by atoms with E-state index in [0.717, 1.165) is 12.1 Å². The minimum atomic E-state index is -0.748. The number of amides is 1. The largest absolute Gasteiger partial charge is 0.444 e. The summed E-state index contributed by atoms with van der Waals surface area (Å²) in [5, 5.41) is 5.67. The highest BCUT2D eigenvalue weighted by Crippen LogP contribution is 2.26. The number of hydrogen-bond acceptors (Lipinski definition) is 3. The maximum atomic E-state index is 13.0. The summed E-state index contributed by atoms with van der Waals surface area (Å²) in [6, 6.07) is 3.44. The molecule has 7 heteroatoms. The van der Waals surface area contributed by atoms with Gasteiger partial charge in [0.15, 0.2) is 0 Å². The van der Waals surface area contributed by atoms with Crippen molar-refractivity contribution in [3.05, 3.63) is 34.5 Å². The Morgan fingerprint density at radius 2 is 2.17 bits per heavy atom. The molecular weight excluding hydrogens is 239 g/mol. The molecule has 0 heterocycles. The summed E-state index contributed by atoms with van der Waals surface area (Å²) >= 11 is 0. The smallest absolute Gasteiger partial charge is 0.412 e. The molecule has 0 aromatic heterocycles. The highest BCUT2D eigenvalue weighted by Gasteiger charge is 2.17. The molecule has 1 aromatic carbocycles. The minimum absolute atomic E-state index is 0.0575. The van der Waals surface area contributed by atoms with Crippen LogP contribution in [0.25, 0.3) is 10.4 Å². The first-order chi connectivity index (χ1) is 8.31. The molecule has 1 amide bonds. The van der Waals surface area contributed by atoms with Crippen LogP contribution in [0.5, 0.6) is 0 Å². The Bertz CT molecular complexity index is 504. The lowest BCUT2D eigenvalue weighted by Gasteiger charge is -2.20. The molecule has 0 atom stereocenters. The van der Waals surface area contributed by atoms with Crippen molar-refractivity contribution >= 4 is 17.5 Å². The Morgan fingerprint density at radius 1 is 1.50 bits per heavy atom. The summed E-state index contributed by atoms with van der Waals surface area (Å²) in [7, 11) is 0. The molecule has 0 aliphatic heterocycles. The van der Waals surface area contributed by atoms with E-state index in [-0.39, 0.29) is 11.4 Å². The van der Waals surface area contributed by atoms with Crippen molar-refractivity contribution in [1.82, 2.24) is 0 Å². The van der Waals surface area contributed by atoms with E-state index in [4.69, 9.17) is 10.3 Å². The van der Waals surface area contributed by atoms with E-state index in [0.29, 0.717) is 0 Å². The fraction of sp³-hybridized carbons (Fsp3) is 0.364. The van der Waals surface area contributed by atoms with Gasteiger partial charge in [-0.25, -0.2) is 9.18 Å². The first-order valence-electron chi connectivity index (χ1n) is 5.16. The van der Waals surface area contributed by atoms with Crippen LogP contribution in [0.4, 0.5) is 20.6 Å². The number of benzene rings is 1. The second kappa shape index (κ2) is 5.37. The lowest BCUT2D eigenvalue weighted by molar-refractivity contribution is 0.0636. The zero-order valence-electron chi connectivity index (χ0n) is 10.3. The number of carbonyl (C=O) groups is 1. The van der Waals surface area contributed by atoms with Crippen molar-refractivity contribution < 1.29 is 13.9 Å². The zero-order chi connectivity index (χ0) is 13.8. The topological polar surface area (TPSA) is 87.1 Å². The van der Waals surface area contributed by atoms with Gasteiger partial charge in [0.25, 0.3) is 0 Å². The van der Waals surface area contributed by atoms with Crippen LogP contribution in [0, 0.1) is 5.82 Å². The number of nitrogens with zero attached hydrogens (tertiary/aromatic N) is 3. The van der Waals surface area contributed by atoms with Gasteiger partial charge in [0.1, 0.15) is 11.4 Å². The van der Waals surface area contributed by atoms with Gasteiger partial charge < -0.3 is 4.74 Å². The van der Waals surface area contributed by atoms with E-state index in [1.54, 1.807) is 20.8 Å². The quantitative estimate of drug-likeness (QED) is 0.487. The molecule has 18 heavy (non-hydrogen) atoms. The van der Waals surface area contributed by atoms with Crippen LogP contribution in [-0.4, -0.2) is 11.7 Å². The third-order valence-electron chi connectivity index (χ3n) is 1.75. The standard InChI is InChI=1S/C11H13FN4O2/c1-11(2,3)18-10(17)14-9-6-7(12)4-5-8(9)15-16-13/h4-6H,1-3H3,(H,14,17). The van der Waals surface area contributed by atoms with E-state index < -0.39 is 17.5 Å². The molecule has 96 valence electrons. The Morgan fingerprint density at radius 3 is 2.72 bits per heavy atom. The van der Waals surface area contributed by atoms with Gasteiger partial charge in [-0.05, 0) is 44.5 Å². The number of hydrogen-bond donors (Lipinski definition) is 1.